The molecule has 0 bridgehead atoms. The maximum absolute atomic E-state index is 5.27. The van der Waals surface area contributed by atoms with Gasteiger partial charge in [-0.2, -0.15) is 11.3 Å². The SMILES string of the molecule is COc1ccc(-n2ccnc2CN(Cc2cccnc2)Cc2ccsc2)cc1. The van der Waals surface area contributed by atoms with Crippen LogP contribution in [0.3, 0.4) is 0 Å². The van der Waals surface area contributed by atoms with Gasteiger partial charge >= 0.3 is 0 Å². The molecule has 0 amide bonds. The number of hydrogen-bond donors (Lipinski definition) is 0. The fourth-order valence-corrected chi connectivity index (χ4v) is 3.85. The maximum Gasteiger partial charge on any atom is 0.127 e. The first kappa shape index (κ1) is 18.4. The van der Waals surface area contributed by atoms with E-state index in [2.05, 4.69) is 42.3 Å². The van der Waals surface area contributed by atoms with Gasteiger partial charge in [0.15, 0.2) is 0 Å². The van der Waals surface area contributed by atoms with Gasteiger partial charge in [0.1, 0.15) is 11.6 Å². The largest absolute Gasteiger partial charge is 0.497 e. The van der Waals surface area contributed by atoms with Crippen molar-refractivity contribution >= 4 is 11.3 Å². The molecule has 4 aromatic rings. The Hall–Kier alpha value is -2.96. The number of rotatable bonds is 8. The summed E-state index contributed by atoms with van der Waals surface area (Å²) in [5.41, 5.74) is 3.59. The fourth-order valence-electron chi connectivity index (χ4n) is 3.19. The molecule has 0 unspecified atom stereocenters. The zero-order valence-corrected chi connectivity index (χ0v) is 16.5. The molecule has 3 aromatic heterocycles. The van der Waals surface area contributed by atoms with E-state index >= 15 is 0 Å². The van der Waals surface area contributed by atoms with Gasteiger partial charge in [0, 0.05) is 43.6 Å². The van der Waals surface area contributed by atoms with E-state index in [-0.39, 0.29) is 0 Å². The summed E-state index contributed by atoms with van der Waals surface area (Å²) in [6, 6.07) is 14.3. The maximum atomic E-state index is 5.27. The van der Waals surface area contributed by atoms with Crippen molar-refractivity contribution in [3.8, 4) is 11.4 Å². The highest BCUT2D eigenvalue weighted by Gasteiger charge is 2.13. The Morgan fingerprint density at radius 3 is 2.57 bits per heavy atom. The van der Waals surface area contributed by atoms with Crippen molar-refractivity contribution in [1.29, 1.82) is 0 Å². The number of aromatic nitrogens is 3. The molecule has 28 heavy (non-hydrogen) atoms. The average molecular weight is 391 g/mol. The monoisotopic (exact) mass is 390 g/mol. The minimum atomic E-state index is 0.740. The van der Waals surface area contributed by atoms with E-state index in [0.717, 1.165) is 36.9 Å². The molecule has 0 saturated carbocycles. The van der Waals surface area contributed by atoms with Crippen LogP contribution in [0, 0.1) is 0 Å². The van der Waals surface area contributed by atoms with E-state index in [9.17, 15) is 0 Å². The molecule has 0 aliphatic rings. The second kappa shape index (κ2) is 8.82. The standard InChI is InChI=1S/C22H22N4OS/c1-27-21-6-4-20(5-7-21)26-11-10-24-22(26)16-25(15-19-8-12-28-17-19)14-18-3-2-9-23-13-18/h2-13,17H,14-16H2,1H3. The van der Waals surface area contributed by atoms with Gasteiger partial charge in [0.05, 0.1) is 13.7 Å². The lowest BCUT2D eigenvalue weighted by molar-refractivity contribution is 0.240. The first-order valence-corrected chi connectivity index (χ1v) is 10.0. The van der Waals surface area contributed by atoms with Crippen LogP contribution >= 0.6 is 11.3 Å². The summed E-state index contributed by atoms with van der Waals surface area (Å²) >= 11 is 1.73. The lowest BCUT2D eigenvalue weighted by atomic mass is 10.2. The van der Waals surface area contributed by atoms with Crippen LogP contribution in [0.2, 0.25) is 0 Å². The van der Waals surface area contributed by atoms with Crippen LogP contribution in [0.15, 0.2) is 78.0 Å². The number of thiophene rings is 1. The summed E-state index contributed by atoms with van der Waals surface area (Å²) in [7, 11) is 1.68. The molecule has 0 N–H and O–H groups in total. The van der Waals surface area contributed by atoms with Gasteiger partial charge in [-0.3, -0.25) is 9.88 Å². The summed E-state index contributed by atoms with van der Waals surface area (Å²) in [6.45, 7) is 2.43. The first-order chi connectivity index (χ1) is 13.8. The Labute approximate surface area is 168 Å². The number of imidazole rings is 1. The Bertz CT molecular complexity index is 981. The van der Waals surface area contributed by atoms with Crippen molar-refractivity contribution in [1.82, 2.24) is 19.4 Å². The Kier molecular flexibility index (Phi) is 5.80. The second-order valence-electron chi connectivity index (χ2n) is 6.55. The lowest BCUT2D eigenvalue weighted by Gasteiger charge is -2.22. The van der Waals surface area contributed by atoms with E-state index < -0.39 is 0 Å². The molecule has 4 rings (SSSR count). The van der Waals surface area contributed by atoms with Crippen LogP contribution in [0.4, 0.5) is 0 Å². The molecule has 0 aliphatic carbocycles. The minimum absolute atomic E-state index is 0.740. The Morgan fingerprint density at radius 2 is 1.86 bits per heavy atom. The molecule has 0 radical (unpaired) electrons. The van der Waals surface area contributed by atoms with Gasteiger partial charge in [-0.1, -0.05) is 6.07 Å². The Balaban J connectivity index is 1.57. The highest BCUT2D eigenvalue weighted by atomic mass is 32.1. The molecule has 142 valence electrons. The molecule has 0 saturated heterocycles. The third kappa shape index (κ3) is 4.47. The summed E-state index contributed by atoms with van der Waals surface area (Å²) in [5, 5.41) is 4.32. The highest BCUT2D eigenvalue weighted by molar-refractivity contribution is 7.07. The topological polar surface area (TPSA) is 43.2 Å². The zero-order valence-electron chi connectivity index (χ0n) is 15.7. The Morgan fingerprint density at radius 1 is 1.00 bits per heavy atom. The van der Waals surface area contributed by atoms with E-state index in [0.29, 0.717) is 0 Å². The van der Waals surface area contributed by atoms with Gasteiger partial charge < -0.3 is 9.30 Å². The summed E-state index contributed by atoms with van der Waals surface area (Å²) < 4.78 is 7.40. The quantitative estimate of drug-likeness (QED) is 0.443. The molecule has 3 heterocycles. The van der Waals surface area contributed by atoms with Crippen molar-refractivity contribution in [2.45, 2.75) is 19.6 Å². The van der Waals surface area contributed by atoms with Crippen molar-refractivity contribution in [2.75, 3.05) is 7.11 Å². The van der Waals surface area contributed by atoms with Gasteiger partial charge in [0.25, 0.3) is 0 Å². The molecule has 0 atom stereocenters. The first-order valence-electron chi connectivity index (χ1n) is 9.11. The van der Waals surface area contributed by atoms with Crippen molar-refractivity contribution in [3.63, 3.8) is 0 Å². The number of benzene rings is 1. The summed E-state index contributed by atoms with van der Waals surface area (Å²) in [6.07, 6.45) is 7.59. The third-order valence-electron chi connectivity index (χ3n) is 4.55. The molecule has 1 aromatic carbocycles. The summed E-state index contributed by atoms with van der Waals surface area (Å²) in [5.74, 6) is 1.85. The van der Waals surface area contributed by atoms with Crippen LogP contribution in [0.5, 0.6) is 5.75 Å². The van der Waals surface area contributed by atoms with Crippen molar-refractivity contribution in [3.05, 3.63) is 95.0 Å². The smallest absolute Gasteiger partial charge is 0.127 e. The zero-order chi connectivity index (χ0) is 19.2. The minimum Gasteiger partial charge on any atom is -0.497 e. The molecule has 0 fully saturated rings. The van der Waals surface area contributed by atoms with Crippen LogP contribution in [-0.2, 0) is 19.6 Å². The fraction of sp³-hybridized carbons (Fsp3) is 0.182. The van der Waals surface area contributed by atoms with E-state index in [1.807, 2.05) is 55.1 Å². The van der Waals surface area contributed by atoms with Crippen molar-refractivity contribution < 1.29 is 4.74 Å². The summed E-state index contributed by atoms with van der Waals surface area (Å²) in [4.78, 5) is 11.3. The second-order valence-corrected chi connectivity index (χ2v) is 7.33. The predicted octanol–water partition coefficient (Wildman–Crippen LogP) is 4.54. The normalized spacial score (nSPS) is 11.1. The van der Waals surface area contributed by atoms with Crippen LogP contribution < -0.4 is 4.74 Å². The van der Waals surface area contributed by atoms with E-state index in [1.165, 1.54) is 11.1 Å². The van der Waals surface area contributed by atoms with E-state index in [4.69, 9.17) is 4.74 Å². The van der Waals surface area contributed by atoms with E-state index in [1.54, 1.807) is 18.4 Å². The van der Waals surface area contributed by atoms with Gasteiger partial charge in [0.2, 0.25) is 0 Å². The number of ether oxygens (including phenoxy) is 1. The number of pyridine rings is 1. The molecular formula is C22H22N4OS. The average Bonchev–Trinajstić information content (AvgIpc) is 3.41. The molecule has 6 heteroatoms. The van der Waals surface area contributed by atoms with Gasteiger partial charge in [-0.05, 0) is 58.3 Å². The predicted molar refractivity (Wildman–Crippen MR) is 112 cm³/mol. The molecule has 0 aliphatic heterocycles. The van der Waals surface area contributed by atoms with Crippen LogP contribution in [-0.4, -0.2) is 26.5 Å². The third-order valence-corrected chi connectivity index (χ3v) is 5.28. The van der Waals surface area contributed by atoms with Gasteiger partial charge in [-0.15, -0.1) is 0 Å². The van der Waals surface area contributed by atoms with Crippen LogP contribution in [0.1, 0.15) is 17.0 Å². The number of methoxy groups -OCH3 is 1. The lowest BCUT2D eigenvalue weighted by Crippen LogP contribution is -2.24. The van der Waals surface area contributed by atoms with Crippen molar-refractivity contribution in [2.24, 2.45) is 0 Å². The molecular weight excluding hydrogens is 368 g/mol. The number of nitrogens with zero attached hydrogens (tertiary/aromatic N) is 4. The number of hydrogen-bond acceptors (Lipinski definition) is 5. The highest BCUT2D eigenvalue weighted by Crippen LogP contribution is 2.19. The van der Waals surface area contributed by atoms with Crippen LogP contribution in [0.25, 0.3) is 5.69 Å². The molecule has 5 nitrogen and oxygen atoms in total. The molecule has 0 spiro atoms. The van der Waals surface area contributed by atoms with Gasteiger partial charge in [-0.25, -0.2) is 4.98 Å².